The van der Waals surface area contributed by atoms with Gasteiger partial charge in [0.1, 0.15) is 17.6 Å². The Labute approximate surface area is 137 Å². The lowest BCUT2D eigenvalue weighted by atomic mass is 9.89. The fourth-order valence-corrected chi connectivity index (χ4v) is 3.48. The number of hydrogen-bond donors (Lipinski definition) is 1. The van der Waals surface area contributed by atoms with Crippen LogP contribution >= 0.6 is 0 Å². The van der Waals surface area contributed by atoms with Crippen molar-refractivity contribution in [3.05, 3.63) is 48.0 Å². The van der Waals surface area contributed by atoms with Crippen LogP contribution in [0.5, 0.6) is 11.5 Å². The fourth-order valence-electron chi connectivity index (χ4n) is 3.48. The first-order chi connectivity index (χ1) is 11.5. The minimum absolute atomic E-state index is 0.151. The topological polar surface area (TPSA) is 30.5 Å². The van der Waals surface area contributed by atoms with Crippen molar-refractivity contribution in [3.8, 4) is 22.6 Å². The van der Waals surface area contributed by atoms with E-state index in [-0.39, 0.29) is 17.8 Å². The van der Waals surface area contributed by atoms with Crippen LogP contribution in [0.1, 0.15) is 17.9 Å². The van der Waals surface area contributed by atoms with Gasteiger partial charge in [0.25, 0.3) is 0 Å². The molecule has 0 aliphatic carbocycles. The van der Waals surface area contributed by atoms with E-state index in [2.05, 4.69) is 10.1 Å². The zero-order chi connectivity index (χ0) is 16.7. The van der Waals surface area contributed by atoms with Crippen LogP contribution in [0.4, 0.5) is 13.2 Å². The lowest BCUT2D eigenvalue weighted by Crippen LogP contribution is -2.37. The average Bonchev–Trinajstić information content (AvgIpc) is 2.92. The Morgan fingerprint density at radius 2 is 1.96 bits per heavy atom. The van der Waals surface area contributed by atoms with Gasteiger partial charge in [0.2, 0.25) is 0 Å². The maximum Gasteiger partial charge on any atom is 0.573 e. The highest BCUT2D eigenvalue weighted by Crippen LogP contribution is 2.43. The Bertz CT molecular complexity index is 760. The molecule has 0 radical (unpaired) electrons. The van der Waals surface area contributed by atoms with E-state index in [4.69, 9.17) is 4.74 Å². The summed E-state index contributed by atoms with van der Waals surface area (Å²) in [6.45, 7) is 1.74. The van der Waals surface area contributed by atoms with Crippen LogP contribution in [0.2, 0.25) is 0 Å². The second kappa shape index (κ2) is 5.70. The van der Waals surface area contributed by atoms with E-state index in [1.165, 1.54) is 12.1 Å². The van der Waals surface area contributed by atoms with Gasteiger partial charge in [-0.1, -0.05) is 24.3 Å². The summed E-state index contributed by atoms with van der Waals surface area (Å²) < 4.78 is 48.0. The molecule has 0 saturated carbocycles. The number of piperidine rings is 1. The summed E-state index contributed by atoms with van der Waals surface area (Å²) in [6, 6.07) is 11.7. The molecule has 2 aliphatic heterocycles. The van der Waals surface area contributed by atoms with Crippen LogP contribution in [0, 0.1) is 0 Å². The maximum atomic E-state index is 12.6. The molecule has 2 aromatic carbocycles. The van der Waals surface area contributed by atoms with E-state index in [9.17, 15) is 13.2 Å². The number of nitrogens with one attached hydrogen (secondary N) is 1. The van der Waals surface area contributed by atoms with Crippen LogP contribution in [-0.2, 0) is 0 Å². The third-order valence-electron chi connectivity index (χ3n) is 4.53. The molecule has 24 heavy (non-hydrogen) atoms. The standard InChI is InChI=1S/C18H16F3NO2/c19-18(20,21)24-17-4-2-1-3-12(17)11-5-6-15-13(9-11)14-10-22-8-7-16(14)23-15/h1-6,9,14,16,22H,7-8,10H2. The van der Waals surface area contributed by atoms with Crippen molar-refractivity contribution >= 4 is 0 Å². The molecule has 1 saturated heterocycles. The Balaban J connectivity index is 1.72. The van der Waals surface area contributed by atoms with Gasteiger partial charge in [-0.15, -0.1) is 13.2 Å². The Kier molecular flexibility index (Phi) is 3.64. The van der Waals surface area contributed by atoms with Crippen LogP contribution in [0.15, 0.2) is 42.5 Å². The van der Waals surface area contributed by atoms with Gasteiger partial charge in [-0.2, -0.15) is 0 Å². The van der Waals surface area contributed by atoms with Gasteiger partial charge in [0.15, 0.2) is 0 Å². The molecule has 4 rings (SSSR count). The molecule has 126 valence electrons. The number of para-hydroxylation sites is 1. The SMILES string of the molecule is FC(F)(F)Oc1ccccc1-c1ccc2c(c1)C1CNCCC1O2. The van der Waals surface area contributed by atoms with Crippen LogP contribution in [-0.4, -0.2) is 25.6 Å². The first-order valence-corrected chi connectivity index (χ1v) is 7.88. The normalized spacial score (nSPS) is 22.5. The molecular formula is C18H16F3NO2. The Morgan fingerprint density at radius 3 is 2.79 bits per heavy atom. The van der Waals surface area contributed by atoms with E-state index in [1.807, 2.05) is 12.1 Å². The summed E-state index contributed by atoms with van der Waals surface area (Å²) in [6.07, 6.45) is -3.63. The molecule has 1 fully saturated rings. The monoisotopic (exact) mass is 335 g/mol. The predicted molar refractivity (Wildman–Crippen MR) is 83.2 cm³/mol. The van der Waals surface area contributed by atoms with Gasteiger partial charge in [0.05, 0.1) is 0 Å². The molecule has 1 N–H and O–H groups in total. The number of rotatable bonds is 2. The summed E-state index contributed by atoms with van der Waals surface area (Å²) in [5, 5.41) is 3.35. The lowest BCUT2D eigenvalue weighted by Gasteiger charge is -2.25. The highest BCUT2D eigenvalue weighted by Gasteiger charge is 2.36. The van der Waals surface area contributed by atoms with Crippen molar-refractivity contribution in [1.29, 1.82) is 0 Å². The second-order valence-electron chi connectivity index (χ2n) is 6.05. The summed E-state index contributed by atoms with van der Waals surface area (Å²) in [5.74, 6) is 0.873. The molecular weight excluding hydrogens is 319 g/mol. The summed E-state index contributed by atoms with van der Waals surface area (Å²) in [7, 11) is 0. The molecule has 2 heterocycles. The van der Waals surface area contributed by atoms with Crippen molar-refractivity contribution in [2.75, 3.05) is 13.1 Å². The molecule has 3 nitrogen and oxygen atoms in total. The van der Waals surface area contributed by atoms with E-state index in [1.54, 1.807) is 18.2 Å². The number of halogens is 3. The van der Waals surface area contributed by atoms with Crippen LogP contribution < -0.4 is 14.8 Å². The zero-order valence-electron chi connectivity index (χ0n) is 12.8. The van der Waals surface area contributed by atoms with E-state index < -0.39 is 6.36 Å². The predicted octanol–water partition coefficient (Wildman–Crippen LogP) is 4.09. The molecule has 0 amide bonds. The van der Waals surface area contributed by atoms with Crippen molar-refractivity contribution in [1.82, 2.24) is 5.32 Å². The first kappa shape index (κ1) is 15.3. The molecule has 2 atom stereocenters. The van der Waals surface area contributed by atoms with Crippen molar-refractivity contribution < 1.29 is 22.6 Å². The van der Waals surface area contributed by atoms with Gasteiger partial charge in [-0.05, 0) is 36.7 Å². The number of fused-ring (bicyclic) bond motifs is 3. The molecule has 2 unspecified atom stereocenters. The number of benzene rings is 2. The molecule has 0 aromatic heterocycles. The molecule has 0 spiro atoms. The van der Waals surface area contributed by atoms with Crippen molar-refractivity contribution in [2.45, 2.75) is 24.8 Å². The van der Waals surface area contributed by atoms with E-state index in [0.717, 1.165) is 30.8 Å². The Hall–Kier alpha value is -2.21. The minimum Gasteiger partial charge on any atom is -0.489 e. The Morgan fingerprint density at radius 1 is 1.12 bits per heavy atom. The van der Waals surface area contributed by atoms with Gasteiger partial charge in [0, 0.05) is 23.6 Å². The quantitative estimate of drug-likeness (QED) is 0.897. The average molecular weight is 335 g/mol. The van der Waals surface area contributed by atoms with Crippen LogP contribution in [0.3, 0.4) is 0 Å². The highest BCUT2D eigenvalue weighted by molar-refractivity contribution is 5.72. The lowest BCUT2D eigenvalue weighted by molar-refractivity contribution is -0.274. The van der Waals surface area contributed by atoms with Gasteiger partial charge in [-0.3, -0.25) is 0 Å². The summed E-state index contributed by atoms with van der Waals surface area (Å²) in [4.78, 5) is 0. The van der Waals surface area contributed by atoms with Gasteiger partial charge < -0.3 is 14.8 Å². The van der Waals surface area contributed by atoms with E-state index >= 15 is 0 Å². The molecule has 6 heteroatoms. The number of ether oxygens (including phenoxy) is 2. The molecule has 2 aromatic rings. The van der Waals surface area contributed by atoms with Gasteiger partial charge in [-0.25, -0.2) is 0 Å². The number of alkyl halides is 3. The number of hydrogen-bond acceptors (Lipinski definition) is 3. The van der Waals surface area contributed by atoms with Crippen molar-refractivity contribution in [3.63, 3.8) is 0 Å². The van der Waals surface area contributed by atoms with Gasteiger partial charge >= 0.3 is 6.36 Å². The second-order valence-corrected chi connectivity index (χ2v) is 6.05. The molecule has 0 bridgehead atoms. The molecule has 2 aliphatic rings. The van der Waals surface area contributed by atoms with Crippen LogP contribution in [0.25, 0.3) is 11.1 Å². The summed E-state index contributed by atoms with van der Waals surface area (Å²) in [5.41, 5.74) is 2.17. The minimum atomic E-state index is -4.71. The largest absolute Gasteiger partial charge is 0.573 e. The summed E-state index contributed by atoms with van der Waals surface area (Å²) >= 11 is 0. The van der Waals surface area contributed by atoms with Crippen molar-refractivity contribution in [2.24, 2.45) is 0 Å². The first-order valence-electron chi connectivity index (χ1n) is 7.88. The smallest absolute Gasteiger partial charge is 0.489 e. The third-order valence-corrected chi connectivity index (χ3v) is 4.53. The fraction of sp³-hybridized carbons (Fsp3) is 0.333. The third kappa shape index (κ3) is 2.82. The van der Waals surface area contributed by atoms with E-state index in [0.29, 0.717) is 11.1 Å². The maximum absolute atomic E-state index is 12.6. The highest BCUT2D eigenvalue weighted by atomic mass is 19.4. The zero-order valence-corrected chi connectivity index (χ0v) is 12.8.